The highest BCUT2D eigenvalue weighted by Crippen LogP contribution is 2.34. The quantitative estimate of drug-likeness (QED) is 0.464. The van der Waals surface area contributed by atoms with Crippen molar-refractivity contribution in [2.75, 3.05) is 25.6 Å². The Hall–Kier alpha value is -3.27. The molecular weight excluding hydrogens is 396 g/mol. The molecule has 10 heteroatoms. The number of anilines is 1. The molecule has 0 aliphatic heterocycles. The van der Waals surface area contributed by atoms with E-state index in [9.17, 15) is 9.59 Å². The second kappa shape index (κ2) is 10.9. The maximum Gasteiger partial charge on any atom is 0.325 e. The molecule has 0 atom stereocenters. The van der Waals surface area contributed by atoms with Gasteiger partial charge in [0.05, 0.1) is 19.9 Å². The molecule has 1 heterocycles. The molecular formula is C19H22N4O5S. The van der Waals surface area contributed by atoms with Gasteiger partial charge in [-0.15, -0.1) is 0 Å². The normalized spacial score (nSPS) is 10.0. The van der Waals surface area contributed by atoms with Crippen molar-refractivity contribution in [1.29, 1.82) is 0 Å². The highest BCUT2D eigenvalue weighted by molar-refractivity contribution is 7.80. The molecule has 0 radical (unpaired) electrons. The van der Waals surface area contributed by atoms with Gasteiger partial charge in [-0.1, -0.05) is 6.07 Å². The summed E-state index contributed by atoms with van der Waals surface area (Å²) >= 11 is 5.17. The van der Waals surface area contributed by atoms with E-state index in [-0.39, 0.29) is 29.9 Å². The van der Waals surface area contributed by atoms with E-state index in [1.807, 2.05) is 0 Å². The van der Waals surface area contributed by atoms with Gasteiger partial charge in [0.1, 0.15) is 24.3 Å². The molecule has 0 bridgehead atoms. The predicted octanol–water partition coefficient (Wildman–Crippen LogP) is 2.26. The number of Topliss-reactive ketones (excluding diaryl/α,β-unsaturated/α-hetero) is 1. The molecule has 0 unspecified atom stereocenters. The second-order valence-electron chi connectivity index (χ2n) is 5.82. The number of ether oxygens (including phenoxy) is 3. The number of rotatable bonds is 9. The summed E-state index contributed by atoms with van der Waals surface area (Å²) in [5.74, 6) is 0.695. The zero-order chi connectivity index (χ0) is 21.2. The maximum absolute atomic E-state index is 11.4. The van der Waals surface area contributed by atoms with E-state index in [1.54, 1.807) is 25.1 Å². The molecule has 0 spiro atoms. The molecule has 0 aliphatic carbocycles. The lowest BCUT2D eigenvalue weighted by molar-refractivity contribution is -0.141. The van der Waals surface area contributed by atoms with Crippen LogP contribution in [0.3, 0.4) is 0 Å². The fourth-order valence-corrected chi connectivity index (χ4v) is 2.50. The van der Waals surface area contributed by atoms with Crippen LogP contribution in [0.2, 0.25) is 0 Å². The highest BCUT2D eigenvalue weighted by Gasteiger charge is 2.13. The van der Waals surface area contributed by atoms with E-state index in [0.29, 0.717) is 23.6 Å². The number of aromatic nitrogens is 2. The van der Waals surface area contributed by atoms with Crippen LogP contribution in [0.15, 0.2) is 30.7 Å². The van der Waals surface area contributed by atoms with E-state index in [2.05, 4.69) is 20.6 Å². The number of hydrogen-bond donors (Lipinski definition) is 2. The Bertz CT molecular complexity index is 891. The van der Waals surface area contributed by atoms with Crippen LogP contribution in [0.5, 0.6) is 17.4 Å². The first kappa shape index (κ1) is 22.0. The standard InChI is InChI=1S/C19H22N4O5S/c1-4-27-17(25)10-21-19(29)23-14-9-20-11-22-18(14)28-15-6-5-13(7-12(2)24)8-16(15)26-3/h5-6,8-9,11H,4,7,10H2,1-3H3,(H2,21,23,29). The number of carbonyl (C=O) groups excluding carboxylic acids is 2. The SMILES string of the molecule is CCOC(=O)CNC(=S)Nc1cncnc1Oc1ccc(CC(C)=O)cc1OC. The summed E-state index contributed by atoms with van der Waals surface area (Å²) in [4.78, 5) is 30.8. The van der Waals surface area contributed by atoms with Crippen LogP contribution in [0, 0.1) is 0 Å². The first-order chi connectivity index (χ1) is 13.9. The number of benzene rings is 1. The van der Waals surface area contributed by atoms with Crippen molar-refractivity contribution in [3.63, 3.8) is 0 Å². The Kier molecular flexibility index (Phi) is 8.28. The molecule has 2 rings (SSSR count). The monoisotopic (exact) mass is 418 g/mol. The van der Waals surface area contributed by atoms with E-state index >= 15 is 0 Å². The molecule has 9 nitrogen and oxygen atoms in total. The van der Waals surface area contributed by atoms with Gasteiger partial charge in [-0.05, 0) is 43.8 Å². The third-order valence-corrected chi connectivity index (χ3v) is 3.76. The molecule has 0 amide bonds. The summed E-state index contributed by atoms with van der Waals surface area (Å²) in [6, 6.07) is 5.20. The van der Waals surface area contributed by atoms with Crippen LogP contribution in [0.25, 0.3) is 0 Å². The molecule has 1 aromatic heterocycles. The number of ketones is 1. The molecule has 29 heavy (non-hydrogen) atoms. The third kappa shape index (κ3) is 7.00. The minimum atomic E-state index is -0.423. The van der Waals surface area contributed by atoms with Crippen molar-refractivity contribution in [2.24, 2.45) is 0 Å². The summed E-state index contributed by atoms with van der Waals surface area (Å²) in [7, 11) is 1.51. The second-order valence-corrected chi connectivity index (χ2v) is 6.23. The lowest BCUT2D eigenvalue weighted by Crippen LogP contribution is -2.34. The number of thiocarbonyl (C=S) groups is 1. The van der Waals surface area contributed by atoms with E-state index in [0.717, 1.165) is 5.56 Å². The lowest BCUT2D eigenvalue weighted by Gasteiger charge is -2.15. The van der Waals surface area contributed by atoms with Crippen molar-refractivity contribution in [1.82, 2.24) is 15.3 Å². The third-order valence-electron chi connectivity index (χ3n) is 3.51. The smallest absolute Gasteiger partial charge is 0.325 e. The largest absolute Gasteiger partial charge is 0.493 e. The number of esters is 1. The van der Waals surface area contributed by atoms with Gasteiger partial charge in [-0.2, -0.15) is 4.98 Å². The Labute approximate surface area is 173 Å². The van der Waals surface area contributed by atoms with Crippen molar-refractivity contribution in [3.05, 3.63) is 36.3 Å². The first-order valence-corrected chi connectivity index (χ1v) is 9.18. The average molecular weight is 418 g/mol. The minimum Gasteiger partial charge on any atom is -0.493 e. The number of hydrogen-bond acceptors (Lipinski definition) is 8. The Morgan fingerprint density at radius 1 is 1.24 bits per heavy atom. The van der Waals surface area contributed by atoms with Crippen LogP contribution in [-0.2, 0) is 20.7 Å². The van der Waals surface area contributed by atoms with Gasteiger partial charge in [-0.3, -0.25) is 9.59 Å². The van der Waals surface area contributed by atoms with Crippen molar-refractivity contribution in [2.45, 2.75) is 20.3 Å². The van der Waals surface area contributed by atoms with Gasteiger partial charge in [-0.25, -0.2) is 4.98 Å². The number of methoxy groups -OCH3 is 1. The van der Waals surface area contributed by atoms with Crippen molar-refractivity contribution < 1.29 is 23.8 Å². The molecule has 2 N–H and O–H groups in total. The van der Waals surface area contributed by atoms with Gasteiger partial charge < -0.3 is 24.8 Å². The van der Waals surface area contributed by atoms with Gasteiger partial charge in [0.15, 0.2) is 16.6 Å². The molecule has 0 fully saturated rings. The Morgan fingerprint density at radius 3 is 2.72 bits per heavy atom. The summed E-state index contributed by atoms with van der Waals surface area (Å²) in [6.45, 7) is 3.46. The van der Waals surface area contributed by atoms with Gasteiger partial charge in [0.25, 0.3) is 0 Å². The number of nitrogens with one attached hydrogen (secondary N) is 2. The van der Waals surface area contributed by atoms with Gasteiger partial charge in [0.2, 0.25) is 5.88 Å². The molecule has 0 aliphatic rings. The fourth-order valence-electron chi connectivity index (χ4n) is 2.31. The molecule has 0 saturated heterocycles. The van der Waals surface area contributed by atoms with E-state index < -0.39 is 5.97 Å². The van der Waals surface area contributed by atoms with Crippen LogP contribution in [-0.4, -0.2) is 47.1 Å². The molecule has 2 aromatic rings. The predicted molar refractivity (Wildman–Crippen MR) is 110 cm³/mol. The maximum atomic E-state index is 11.4. The molecule has 1 aromatic carbocycles. The van der Waals surface area contributed by atoms with Crippen LogP contribution in [0.1, 0.15) is 19.4 Å². The number of nitrogens with zero attached hydrogens (tertiary/aromatic N) is 2. The summed E-state index contributed by atoms with van der Waals surface area (Å²) in [6.07, 6.45) is 3.11. The summed E-state index contributed by atoms with van der Waals surface area (Å²) < 4.78 is 16.0. The minimum absolute atomic E-state index is 0.0480. The lowest BCUT2D eigenvalue weighted by atomic mass is 10.1. The van der Waals surface area contributed by atoms with Crippen LogP contribution >= 0.6 is 12.2 Å². The first-order valence-electron chi connectivity index (χ1n) is 8.77. The van der Waals surface area contributed by atoms with Crippen LogP contribution in [0.4, 0.5) is 5.69 Å². The fraction of sp³-hybridized carbons (Fsp3) is 0.316. The Balaban J connectivity index is 2.11. The van der Waals surface area contributed by atoms with Crippen molar-refractivity contribution >= 4 is 34.8 Å². The zero-order valence-corrected chi connectivity index (χ0v) is 17.2. The molecule has 0 saturated carbocycles. The highest BCUT2D eigenvalue weighted by atomic mass is 32.1. The zero-order valence-electron chi connectivity index (χ0n) is 16.4. The summed E-state index contributed by atoms with van der Waals surface area (Å²) in [5.41, 5.74) is 1.20. The summed E-state index contributed by atoms with van der Waals surface area (Å²) in [5, 5.41) is 5.80. The van der Waals surface area contributed by atoms with Gasteiger partial charge >= 0.3 is 5.97 Å². The van der Waals surface area contributed by atoms with Gasteiger partial charge in [0, 0.05) is 6.42 Å². The topological polar surface area (TPSA) is 112 Å². The Morgan fingerprint density at radius 2 is 2.03 bits per heavy atom. The van der Waals surface area contributed by atoms with Crippen molar-refractivity contribution in [3.8, 4) is 17.4 Å². The van der Waals surface area contributed by atoms with Crippen LogP contribution < -0.4 is 20.1 Å². The number of carbonyl (C=O) groups is 2. The van der Waals surface area contributed by atoms with E-state index in [4.69, 9.17) is 26.4 Å². The molecule has 154 valence electrons. The average Bonchev–Trinajstić information content (AvgIpc) is 2.69. The van der Waals surface area contributed by atoms with E-state index in [1.165, 1.54) is 26.6 Å².